The molecule has 4 nitrogen and oxygen atoms in total. The van der Waals surface area contributed by atoms with Gasteiger partial charge in [0.2, 0.25) is 5.91 Å². The first kappa shape index (κ1) is 14.7. The van der Waals surface area contributed by atoms with Gasteiger partial charge < -0.3 is 15.4 Å². The smallest absolute Gasteiger partial charge is 0.244 e. The molecule has 1 amide bonds. The molecule has 20 heavy (non-hydrogen) atoms. The molecule has 2 heterocycles. The van der Waals surface area contributed by atoms with Gasteiger partial charge in [-0.15, -0.1) is 0 Å². The van der Waals surface area contributed by atoms with E-state index in [4.69, 9.17) is 10.5 Å². The zero-order valence-electron chi connectivity index (χ0n) is 12.9. The third-order valence-electron chi connectivity index (χ3n) is 5.95. The number of nitrogens with zero attached hydrogens (tertiary/aromatic N) is 1. The SMILES string of the molecule is CC1SCCN(C(=O)C2(N)C3CCOC3C2(C)C)C1C. The molecule has 2 saturated heterocycles. The summed E-state index contributed by atoms with van der Waals surface area (Å²) in [7, 11) is 0. The summed E-state index contributed by atoms with van der Waals surface area (Å²) in [6, 6.07) is 0.263. The molecule has 1 saturated carbocycles. The molecule has 1 aliphatic carbocycles. The molecule has 0 aromatic carbocycles. The molecule has 3 fully saturated rings. The Morgan fingerprint density at radius 2 is 2.10 bits per heavy atom. The topological polar surface area (TPSA) is 55.6 Å². The third-order valence-corrected chi connectivity index (χ3v) is 7.29. The maximum absolute atomic E-state index is 13.2. The van der Waals surface area contributed by atoms with E-state index in [0.717, 1.165) is 25.3 Å². The highest BCUT2D eigenvalue weighted by atomic mass is 32.2. The minimum Gasteiger partial charge on any atom is -0.377 e. The van der Waals surface area contributed by atoms with Crippen molar-refractivity contribution in [2.75, 3.05) is 18.9 Å². The minimum atomic E-state index is -0.746. The maximum atomic E-state index is 13.2. The highest BCUT2D eigenvalue weighted by molar-refractivity contribution is 8.00. The fourth-order valence-electron chi connectivity index (χ4n) is 4.28. The molecular formula is C15H26N2O2S. The summed E-state index contributed by atoms with van der Waals surface area (Å²) in [6.07, 6.45) is 1.08. The molecule has 5 unspecified atom stereocenters. The van der Waals surface area contributed by atoms with Crippen molar-refractivity contribution in [3.05, 3.63) is 0 Å². The van der Waals surface area contributed by atoms with E-state index >= 15 is 0 Å². The van der Waals surface area contributed by atoms with E-state index in [0.29, 0.717) is 5.25 Å². The zero-order chi connectivity index (χ0) is 14.7. The van der Waals surface area contributed by atoms with Gasteiger partial charge in [0, 0.05) is 41.5 Å². The van der Waals surface area contributed by atoms with Crippen LogP contribution in [0.3, 0.4) is 0 Å². The van der Waals surface area contributed by atoms with Crippen molar-refractivity contribution in [2.24, 2.45) is 17.1 Å². The number of carbonyl (C=O) groups is 1. The van der Waals surface area contributed by atoms with Gasteiger partial charge >= 0.3 is 0 Å². The van der Waals surface area contributed by atoms with Crippen molar-refractivity contribution in [3.8, 4) is 0 Å². The van der Waals surface area contributed by atoms with Crippen LogP contribution in [-0.4, -0.2) is 52.6 Å². The van der Waals surface area contributed by atoms with E-state index in [1.165, 1.54) is 0 Å². The van der Waals surface area contributed by atoms with Crippen LogP contribution in [0.1, 0.15) is 34.1 Å². The average Bonchev–Trinajstić information content (AvgIpc) is 2.88. The monoisotopic (exact) mass is 298 g/mol. The Bertz CT molecular complexity index is 428. The molecule has 0 bridgehead atoms. The number of hydrogen-bond acceptors (Lipinski definition) is 4. The van der Waals surface area contributed by atoms with Crippen LogP contribution in [0.5, 0.6) is 0 Å². The summed E-state index contributed by atoms with van der Waals surface area (Å²) in [4.78, 5) is 15.2. The molecular weight excluding hydrogens is 272 g/mol. The van der Waals surface area contributed by atoms with Crippen LogP contribution in [0.15, 0.2) is 0 Å². The molecule has 0 radical (unpaired) electrons. The van der Waals surface area contributed by atoms with E-state index in [1.54, 1.807) is 0 Å². The molecule has 0 spiro atoms. The number of rotatable bonds is 1. The summed E-state index contributed by atoms with van der Waals surface area (Å²) < 4.78 is 5.79. The van der Waals surface area contributed by atoms with Crippen LogP contribution in [0.4, 0.5) is 0 Å². The molecule has 0 aromatic rings. The van der Waals surface area contributed by atoms with Crippen molar-refractivity contribution in [1.82, 2.24) is 4.90 Å². The number of nitrogens with two attached hydrogens (primary N) is 1. The van der Waals surface area contributed by atoms with E-state index < -0.39 is 5.54 Å². The van der Waals surface area contributed by atoms with Crippen LogP contribution in [0.2, 0.25) is 0 Å². The average molecular weight is 298 g/mol. The Morgan fingerprint density at radius 3 is 2.80 bits per heavy atom. The number of carbonyl (C=O) groups excluding carboxylic acids is 1. The highest BCUT2D eigenvalue weighted by Crippen LogP contribution is 2.59. The molecule has 114 valence electrons. The van der Waals surface area contributed by atoms with Gasteiger partial charge in [0.15, 0.2) is 0 Å². The largest absolute Gasteiger partial charge is 0.377 e. The lowest BCUT2D eigenvalue weighted by molar-refractivity contribution is -0.185. The summed E-state index contributed by atoms with van der Waals surface area (Å²) >= 11 is 1.94. The molecule has 0 aromatic heterocycles. The first-order valence-corrected chi connectivity index (χ1v) is 8.70. The number of hydrogen-bond donors (Lipinski definition) is 1. The fraction of sp³-hybridized carbons (Fsp3) is 0.933. The number of thioether (sulfide) groups is 1. The number of fused-ring (bicyclic) bond motifs is 1. The predicted octanol–water partition coefficient (Wildman–Crippen LogP) is 1.48. The molecule has 5 atom stereocenters. The quantitative estimate of drug-likeness (QED) is 0.797. The van der Waals surface area contributed by atoms with Crippen molar-refractivity contribution in [3.63, 3.8) is 0 Å². The molecule has 3 aliphatic rings. The van der Waals surface area contributed by atoms with E-state index in [1.807, 2.05) is 16.7 Å². The zero-order valence-corrected chi connectivity index (χ0v) is 13.7. The Kier molecular flexibility index (Phi) is 3.39. The highest BCUT2D eigenvalue weighted by Gasteiger charge is 2.72. The van der Waals surface area contributed by atoms with Gasteiger partial charge in [0.1, 0.15) is 5.54 Å². The first-order chi connectivity index (χ1) is 9.31. The van der Waals surface area contributed by atoms with Crippen LogP contribution < -0.4 is 5.73 Å². The number of ether oxygens (including phenoxy) is 1. The van der Waals surface area contributed by atoms with Gasteiger partial charge in [-0.05, 0) is 13.3 Å². The molecule has 3 rings (SSSR count). The molecule has 5 heteroatoms. The van der Waals surface area contributed by atoms with Crippen LogP contribution in [-0.2, 0) is 9.53 Å². The van der Waals surface area contributed by atoms with Crippen molar-refractivity contribution >= 4 is 17.7 Å². The van der Waals surface area contributed by atoms with Crippen LogP contribution in [0, 0.1) is 11.3 Å². The summed E-state index contributed by atoms with van der Waals surface area (Å²) in [5.74, 6) is 1.36. The van der Waals surface area contributed by atoms with Crippen LogP contribution >= 0.6 is 11.8 Å². The maximum Gasteiger partial charge on any atom is 0.244 e. The van der Waals surface area contributed by atoms with Gasteiger partial charge in [0.25, 0.3) is 0 Å². The van der Waals surface area contributed by atoms with Gasteiger partial charge in [-0.1, -0.05) is 20.8 Å². The van der Waals surface area contributed by atoms with Gasteiger partial charge in [-0.2, -0.15) is 11.8 Å². The Hall–Kier alpha value is -0.260. The normalized spacial score (nSPS) is 46.8. The van der Waals surface area contributed by atoms with Crippen molar-refractivity contribution < 1.29 is 9.53 Å². The standard InChI is InChI=1S/C15H26N2O2S/c1-9-10(2)20-8-6-17(9)13(18)15(16)11-5-7-19-12(11)14(15,3)4/h9-12H,5-8,16H2,1-4H3. The Morgan fingerprint density at radius 1 is 1.40 bits per heavy atom. The summed E-state index contributed by atoms with van der Waals surface area (Å²) in [6.45, 7) is 10.1. The van der Waals surface area contributed by atoms with Crippen LogP contribution in [0.25, 0.3) is 0 Å². The Labute approximate surface area is 125 Å². The minimum absolute atomic E-state index is 0.147. The first-order valence-electron chi connectivity index (χ1n) is 7.65. The van der Waals surface area contributed by atoms with E-state index in [2.05, 4.69) is 27.7 Å². The summed E-state index contributed by atoms with van der Waals surface area (Å²) in [5, 5.41) is 0.482. The second-order valence-corrected chi connectivity index (χ2v) is 8.58. The van der Waals surface area contributed by atoms with Crippen molar-refractivity contribution in [1.29, 1.82) is 0 Å². The number of amides is 1. The second-order valence-electron chi connectivity index (χ2n) is 7.09. The van der Waals surface area contributed by atoms with Gasteiger partial charge in [-0.25, -0.2) is 0 Å². The molecule has 2 aliphatic heterocycles. The molecule has 2 N–H and O–H groups in total. The van der Waals surface area contributed by atoms with Gasteiger partial charge in [-0.3, -0.25) is 4.79 Å². The lowest BCUT2D eigenvalue weighted by Gasteiger charge is -2.62. The fourth-order valence-corrected chi connectivity index (χ4v) is 5.38. The lowest BCUT2D eigenvalue weighted by atomic mass is 9.47. The lowest BCUT2D eigenvalue weighted by Crippen LogP contribution is -2.81. The summed E-state index contributed by atoms with van der Waals surface area (Å²) in [5.41, 5.74) is 5.66. The van der Waals surface area contributed by atoms with E-state index in [9.17, 15) is 4.79 Å². The Balaban J connectivity index is 1.86. The van der Waals surface area contributed by atoms with Gasteiger partial charge in [0.05, 0.1) is 6.10 Å². The predicted molar refractivity (Wildman–Crippen MR) is 81.6 cm³/mol. The van der Waals surface area contributed by atoms with E-state index in [-0.39, 0.29) is 29.4 Å². The third kappa shape index (κ3) is 1.66. The second kappa shape index (κ2) is 4.62. The van der Waals surface area contributed by atoms with Crippen molar-refractivity contribution in [2.45, 2.75) is 57.1 Å².